The van der Waals surface area contributed by atoms with E-state index < -0.39 is 13.9 Å². The maximum Gasteiger partial charge on any atom is 1.00 e. The topological polar surface area (TPSA) is 122 Å². The summed E-state index contributed by atoms with van der Waals surface area (Å²) in [7, 11) is -4.54. The summed E-state index contributed by atoms with van der Waals surface area (Å²) in [4.78, 5) is 27.4. The van der Waals surface area contributed by atoms with Gasteiger partial charge in [-0.05, 0) is 24.3 Å². The molecule has 5 N–H and O–H groups in total. The molecule has 1 rings (SSSR count). The molecule has 0 aromatic heterocycles. The van der Waals surface area contributed by atoms with Crippen molar-refractivity contribution in [2.75, 3.05) is 5.32 Å². The Kier molecular flexibility index (Phi) is 6.02. The van der Waals surface area contributed by atoms with Crippen LogP contribution < -0.4 is 45.1 Å². The molecule has 84 valence electrons. The summed E-state index contributed by atoms with van der Waals surface area (Å²) in [5.74, 6) is -0.00152. The minimum Gasteiger partial charge on any atom is -1.00 e. The van der Waals surface area contributed by atoms with Gasteiger partial charge < -0.3 is 17.0 Å². The number of rotatable bonds is 3. The molecule has 16 heavy (non-hydrogen) atoms. The van der Waals surface area contributed by atoms with Crippen LogP contribution in [-0.2, 0) is 4.57 Å². The van der Waals surface area contributed by atoms with Crippen LogP contribution in [0.5, 0.6) is 5.75 Å². The summed E-state index contributed by atoms with van der Waals surface area (Å²) in [6.07, 6.45) is 0. The van der Waals surface area contributed by atoms with E-state index in [4.69, 9.17) is 15.5 Å². The number of hydrogen-bond acceptors (Lipinski definition) is 3. The van der Waals surface area contributed by atoms with Crippen LogP contribution in [0.25, 0.3) is 0 Å². The van der Waals surface area contributed by atoms with Gasteiger partial charge in [0.15, 0.2) is 0 Å². The van der Waals surface area contributed by atoms with E-state index in [1.807, 2.05) is 0 Å². The van der Waals surface area contributed by atoms with Gasteiger partial charge in [-0.3, -0.25) is 9.79 Å². The molecule has 0 fully saturated rings. The van der Waals surface area contributed by atoms with Gasteiger partial charge in [-0.15, -0.1) is 0 Å². The molecule has 0 saturated carbocycles. The zero-order chi connectivity index (χ0) is 11.5. The van der Waals surface area contributed by atoms with Gasteiger partial charge in [-0.2, -0.15) is 0 Å². The maximum atomic E-state index is 10.4. The SMILES string of the molecule is NC(=O)Nc1ccc(OP(=O)(O)O)cc1.[H-].[Na+]. The first kappa shape index (κ1) is 15.4. The quantitative estimate of drug-likeness (QED) is 0.360. The van der Waals surface area contributed by atoms with Crippen LogP contribution in [0, 0.1) is 0 Å². The molecule has 9 heteroatoms. The van der Waals surface area contributed by atoms with Crippen molar-refractivity contribution < 1.29 is 54.7 Å². The first-order valence-corrected chi connectivity index (χ1v) is 5.31. The number of hydrogen-bond donors (Lipinski definition) is 4. The van der Waals surface area contributed by atoms with Crippen molar-refractivity contribution in [1.82, 2.24) is 0 Å². The van der Waals surface area contributed by atoms with Crippen LogP contribution in [0.1, 0.15) is 1.43 Å². The number of benzene rings is 1. The summed E-state index contributed by atoms with van der Waals surface area (Å²) in [6.45, 7) is 0. The molecule has 0 aliphatic carbocycles. The fourth-order valence-corrected chi connectivity index (χ4v) is 1.28. The molecule has 0 saturated heterocycles. The van der Waals surface area contributed by atoms with Crippen molar-refractivity contribution in [2.24, 2.45) is 5.73 Å². The number of primary amides is 1. The van der Waals surface area contributed by atoms with Crippen molar-refractivity contribution in [1.29, 1.82) is 0 Å². The molecule has 7 nitrogen and oxygen atoms in total. The number of anilines is 1. The van der Waals surface area contributed by atoms with Crippen molar-refractivity contribution >= 4 is 19.5 Å². The van der Waals surface area contributed by atoms with Gasteiger partial charge in [0.25, 0.3) is 0 Å². The molecule has 0 bridgehead atoms. The fraction of sp³-hybridized carbons (Fsp3) is 0. The number of carbonyl (C=O) groups excluding carboxylic acids is 1. The van der Waals surface area contributed by atoms with Gasteiger partial charge in [0.1, 0.15) is 5.75 Å². The maximum absolute atomic E-state index is 10.4. The average Bonchev–Trinajstić information content (AvgIpc) is 2.05. The average molecular weight is 256 g/mol. The number of phosphoric acid groups is 1. The van der Waals surface area contributed by atoms with Gasteiger partial charge in [-0.25, -0.2) is 9.36 Å². The van der Waals surface area contributed by atoms with Gasteiger partial charge in [0.05, 0.1) is 0 Å². The molecule has 0 atom stereocenters. The Balaban J connectivity index is 0. The predicted molar refractivity (Wildman–Crippen MR) is 53.4 cm³/mol. The molecule has 2 amide bonds. The molecule has 0 unspecified atom stereocenters. The summed E-state index contributed by atoms with van der Waals surface area (Å²) >= 11 is 0. The Morgan fingerprint density at radius 1 is 1.38 bits per heavy atom. The Morgan fingerprint density at radius 2 is 1.88 bits per heavy atom. The van der Waals surface area contributed by atoms with E-state index >= 15 is 0 Å². The van der Waals surface area contributed by atoms with E-state index in [1.165, 1.54) is 24.3 Å². The zero-order valence-electron chi connectivity index (χ0n) is 9.45. The predicted octanol–water partition coefficient (Wildman–Crippen LogP) is -2.23. The summed E-state index contributed by atoms with van der Waals surface area (Å²) in [5.41, 5.74) is 5.26. The second-order valence-corrected chi connectivity index (χ2v) is 3.76. The number of nitrogens with two attached hydrogens (primary N) is 1. The molecule has 0 heterocycles. The fourth-order valence-electron chi connectivity index (χ4n) is 0.879. The third-order valence-electron chi connectivity index (χ3n) is 1.35. The smallest absolute Gasteiger partial charge is 1.00 e. The van der Waals surface area contributed by atoms with E-state index in [9.17, 15) is 9.36 Å². The Labute approximate surface area is 115 Å². The first-order chi connectivity index (χ1) is 6.87. The largest absolute Gasteiger partial charge is 1.00 e. The zero-order valence-corrected chi connectivity index (χ0v) is 11.3. The Hall–Kier alpha value is -0.560. The molecular weight excluding hydrogens is 246 g/mol. The molecule has 0 aliphatic rings. The molecule has 0 aliphatic heterocycles. The van der Waals surface area contributed by atoms with Crippen LogP contribution in [0.15, 0.2) is 24.3 Å². The van der Waals surface area contributed by atoms with Crippen molar-refractivity contribution in [2.45, 2.75) is 0 Å². The number of nitrogens with one attached hydrogen (secondary N) is 1. The van der Waals surface area contributed by atoms with Gasteiger partial charge in [0, 0.05) is 5.69 Å². The number of carbonyl (C=O) groups is 1. The summed E-state index contributed by atoms with van der Waals surface area (Å²) < 4.78 is 14.7. The van der Waals surface area contributed by atoms with Crippen molar-refractivity contribution in [3.8, 4) is 5.75 Å². The van der Waals surface area contributed by atoms with E-state index in [-0.39, 0.29) is 36.7 Å². The Morgan fingerprint density at radius 3 is 2.25 bits per heavy atom. The first-order valence-electron chi connectivity index (χ1n) is 3.78. The second-order valence-electron chi connectivity index (χ2n) is 2.60. The standard InChI is InChI=1S/C7H9N2O5P.Na.H/c8-7(10)9-5-1-3-6(4-2-5)14-15(11,12)13;;/h1-4H,(H3,8,9,10)(H2,11,12,13);;/q;+1;-1. The number of amides is 2. The van der Waals surface area contributed by atoms with E-state index in [0.29, 0.717) is 5.69 Å². The third-order valence-corrected chi connectivity index (χ3v) is 1.79. The Bertz CT molecular complexity index is 409. The molecule has 1 aromatic carbocycles. The normalized spacial score (nSPS) is 10.1. The number of urea groups is 1. The van der Waals surface area contributed by atoms with Crippen LogP contribution in [0.2, 0.25) is 0 Å². The molecular formula is C7H10N2NaO5P. The summed E-state index contributed by atoms with van der Waals surface area (Å²) in [5, 5.41) is 2.28. The monoisotopic (exact) mass is 256 g/mol. The van der Waals surface area contributed by atoms with Crippen LogP contribution >= 0.6 is 7.82 Å². The van der Waals surface area contributed by atoms with Crippen LogP contribution in [-0.4, -0.2) is 15.8 Å². The van der Waals surface area contributed by atoms with Crippen LogP contribution in [0.3, 0.4) is 0 Å². The minimum atomic E-state index is -4.54. The van der Waals surface area contributed by atoms with Crippen LogP contribution in [0.4, 0.5) is 10.5 Å². The molecule has 1 aromatic rings. The van der Waals surface area contributed by atoms with Gasteiger partial charge in [0.2, 0.25) is 0 Å². The van der Waals surface area contributed by atoms with E-state index in [0.717, 1.165) is 0 Å². The minimum absolute atomic E-state index is 0. The third kappa shape index (κ3) is 6.12. The molecule has 0 spiro atoms. The van der Waals surface area contributed by atoms with Gasteiger partial charge >= 0.3 is 43.4 Å². The van der Waals surface area contributed by atoms with E-state index in [1.54, 1.807) is 0 Å². The molecule has 0 radical (unpaired) electrons. The summed E-state index contributed by atoms with van der Waals surface area (Å²) in [6, 6.07) is 4.67. The van der Waals surface area contributed by atoms with Crippen molar-refractivity contribution in [3.63, 3.8) is 0 Å². The number of phosphoric ester groups is 1. The van der Waals surface area contributed by atoms with Crippen molar-refractivity contribution in [3.05, 3.63) is 24.3 Å². The van der Waals surface area contributed by atoms with Gasteiger partial charge in [-0.1, -0.05) is 0 Å². The van der Waals surface area contributed by atoms with E-state index in [2.05, 4.69) is 9.84 Å². The second kappa shape index (κ2) is 6.24.